The van der Waals surface area contributed by atoms with Gasteiger partial charge in [-0.15, -0.1) is 11.5 Å². The molecule has 0 radical (unpaired) electrons. The van der Waals surface area contributed by atoms with Crippen molar-refractivity contribution in [2.45, 2.75) is 16.8 Å². The first-order valence-corrected chi connectivity index (χ1v) is 13.2. The van der Waals surface area contributed by atoms with Gasteiger partial charge in [0.15, 0.2) is 0 Å². The van der Waals surface area contributed by atoms with Crippen LogP contribution >= 0.6 is 11.8 Å². The van der Waals surface area contributed by atoms with Crippen LogP contribution in [0.5, 0.6) is 5.75 Å². The van der Waals surface area contributed by atoms with Crippen LogP contribution in [0, 0.1) is 13.0 Å². The van der Waals surface area contributed by atoms with Crippen LogP contribution in [0.3, 0.4) is 0 Å². The number of benzene rings is 4. The van der Waals surface area contributed by atoms with Gasteiger partial charge in [-0.1, -0.05) is 70.7 Å². The van der Waals surface area contributed by atoms with E-state index in [0.717, 1.165) is 54.2 Å². The van der Waals surface area contributed by atoms with Crippen molar-refractivity contribution in [3.63, 3.8) is 0 Å². The van der Waals surface area contributed by atoms with Crippen LogP contribution in [0.2, 0.25) is 0 Å². The molecule has 3 aromatic heterocycles. The molecule has 3 heterocycles. The van der Waals surface area contributed by atoms with E-state index in [1.54, 1.807) is 6.07 Å². The average Bonchev–Trinajstić information content (AvgIpc) is 3.28. The van der Waals surface area contributed by atoms with Gasteiger partial charge in [-0.2, -0.15) is 12.1 Å². The number of pyridine rings is 2. The van der Waals surface area contributed by atoms with Crippen molar-refractivity contribution >= 4 is 44.5 Å². The minimum absolute atomic E-state index is 0. The van der Waals surface area contributed by atoms with Gasteiger partial charge in [-0.3, -0.25) is 0 Å². The van der Waals surface area contributed by atoms with E-state index in [1.165, 1.54) is 17.1 Å². The maximum absolute atomic E-state index is 10.7. The summed E-state index contributed by atoms with van der Waals surface area (Å²) in [5, 5.41) is 14.7. The van der Waals surface area contributed by atoms with Gasteiger partial charge in [0.2, 0.25) is 0 Å². The Morgan fingerprint density at radius 3 is 2.44 bits per heavy atom. The number of phenolic OH excluding ortho intramolecular Hbond substituents is 1. The van der Waals surface area contributed by atoms with Crippen molar-refractivity contribution in [3.05, 3.63) is 121 Å². The summed E-state index contributed by atoms with van der Waals surface area (Å²) < 4.78 is 2.17. The largest absolute Gasteiger partial charge is 0.506 e. The van der Waals surface area contributed by atoms with Gasteiger partial charge in [0.25, 0.3) is 0 Å². The Morgan fingerprint density at radius 2 is 1.59 bits per heavy atom. The third kappa shape index (κ3) is 4.52. The van der Waals surface area contributed by atoms with Crippen LogP contribution in [-0.2, 0) is 21.1 Å². The maximum atomic E-state index is 10.7. The number of aromatic nitrogens is 3. The maximum Gasteiger partial charge on any atom is 0.141 e. The molecule has 0 saturated carbocycles. The Morgan fingerprint density at radius 1 is 0.795 bits per heavy atom. The number of hydrogen-bond acceptors (Lipinski definition) is 4. The standard InChI is InChI=1S/C33H22N3OS.Pt/c1-21-17-18-34-31(19-21)36-28-10-6-5-9-25(28)26-12-11-23(20-29(26)36)38-32-16-14-27-24(22-7-3-2-4-8-22)13-15-30(37)33(27)35-32;/h2-19,37H,1H3;/q-1;. The van der Waals surface area contributed by atoms with Gasteiger partial charge in [0.1, 0.15) is 17.1 Å². The Labute approximate surface area is 244 Å². The van der Waals surface area contributed by atoms with E-state index in [4.69, 9.17) is 4.98 Å². The summed E-state index contributed by atoms with van der Waals surface area (Å²) in [5.41, 5.74) is 5.96. The number of aromatic hydroxyl groups is 1. The molecule has 0 atom stereocenters. The molecule has 0 spiro atoms. The van der Waals surface area contributed by atoms with Crippen molar-refractivity contribution < 1.29 is 26.2 Å². The van der Waals surface area contributed by atoms with E-state index in [-0.39, 0.29) is 26.8 Å². The fourth-order valence-electron chi connectivity index (χ4n) is 5.04. The first kappa shape index (κ1) is 25.4. The number of fused-ring (bicyclic) bond motifs is 4. The molecule has 7 rings (SSSR count). The monoisotopic (exact) mass is 703 g/mol. The van der Waals surface area contributed by atoms with E-state index in [1.807, 2.05) is 48.7 Å². The Balaban J connectivity index is 0.00000277. The van der Waals surface area contributed by atoms with E-state index in [0.29, 0.717) is 5.52 Å². The fourth-order valence-corrected chi connectivity index (χ4v) is 5.82. The molecular formula is C33H22N3OPtS-. The molecular weight excluding hydrogens is 682 g/mol. The molecule has 7 aromatic rings. The quantitative estimate of drug-likeness (QED) is 0.187. The molecule has 0 aliphatic heterocycles. The second-order valence-corrected chi connectivity index (χ2v) is 10.3. The predicted molar refractivity (Wildman–Crippen MR) is 155 cm³/mol. The topological polar surface area (TPSA) is 50.9 Å². The summed E-state index contributed by atoms with van der Waals surface area (Å²) in [6.07, 6.45) is 1.85. The minimum Gasteiger partial charge on any atom is -0.506 e. The number of rotatable bonds is 4. The van der Waals surface area contributed by atoms with E-state index >= 15 is 0 Å². The summed E-state index contributed by atoms with van der Waals surface area (Å²) in [5.74, 6) is 1.05. The number of hydrogen-bond donors (Lipinski definition) is 1. The van der Waals surface area contributed by atoms with Crippen molar-refractivity contribution in [1.29, 1.82) is 0 Å². The Kier molecular flexibility index (Phi) is 6.72. The first-order chi connectivity index (χ1) is 18.7. The molecule has 6 heteroatoms. The first-order valence-electron chi connectivity index (χ1n) is 12.4. The third-order valence-electron chi connectivity index (χ3n) is 6.80. The smallest absolute Gasteiger partial charge is 0.141 e. The summed E-state index contributed by atoms with van der Waals surface area (Å²) in [6.45, 7) is 2.08. The minimum atomic E-state index is 0. The predicted octanol–water partition coefficient (Wildman–Crippen LogP) is 8.36. The van der Waals surface area contributed by atoms with E-state index in [9.17, 15) is 5.11 Å². The second kappa shape index (κ2) is 10.3. The summed E-state index contributed by atoms with van der Waals surface area (Å²) >= 11 is 1.53. The van der Waals surface area contributed by atoms with Crippen molar-refractivity contribution in [3.8, 4) is 22.7 Å². The second-order valence-electron chi connectivity index (χ2n) is 9.27. The Hall–Kier alpha value is -3.92. The molecule has 0 aliphatic carbocycles. The number of para-hydroxylation sites is 1. The average molecular weight is 704 g/mol. The number of nitrogens with zero attached hydrogens (tertiary/aromatic N) is 3. The van der Waals surface area contributed by atoms with Gasteiger partial charge in [-0.25, -0.2) is 9.97 Å². The summed E-state index contributed by atoms with van der Waals surface area (Å²) in [7, 11) is 0. The van der Waals surface area contributed by atoms with Gasteiger partial charge in [0.05, 0.1) is 5.03 Å². The molecule has 4 nitrogen and oxygen atoms in total. The zero-order valence-corrected chi connectivity index (χ0v) is 24.0. The summed E-state index contributed by atoms with van der Waals surface area (Å²) in [6, 6.07) is 38.2. The molecule has 0 fully saturated rings. The molecule has 0 saturated heterocycles. The number of aryl methyl sites for hydroxylation is 1. The van der Waals surface area contributed by atoms with Gasteiger partial charge in [0, 0.05) is 38.2 Å². The van der Waals surface area contributed by atoms with Crippen LogP contribution in [0.4, 0.5) is 0 Å². The molecule has 0 unspecified atom stereocenters. The summed E-state index contributed by atoms with van der Waals surface area (Å²) in [4.78, 5) is 10.5. The van der Waals surface area contributed by atoms with Gasteiger partial charge < -0.3 is 9.67 Å². The van der Waals surface area contributed by atoms with E-state index < -0.39 is 0 Å². The zero-order valence-electron chi connectivity index (χ0n) is 20.9. The fraction of sp³-hybridized carbons (Fsp3) is 0.0303. The molecule has 0 amide bonds. The van der Waals surface area contributed by atoms with Crippen LogP contribution in [0.15, 0.2) is 119 Å². The van der Waals surface area contributed by atoms with Crippen LogP contribution in [0.25, 0.3) is 49.7 Å². The molecule has 4 aromatic carbocycles. The van der Waals surface area contributed by atoms with Crippen LogP contribution < -0.4 is 0 Å². The van der Waals surface area contributed by atoms with E-state index in [2.05, 4.69) is 77.1 Å². The van der Waals surface area contributed by atoms with Gasteiger partial charge in [-0.05, 0) is 71.5 Å². The molecule has 1 N–H and O–H groups in total. The van der Waals surface area contributed by atoms with Crippen molar-refractivity contribution in [1.82, 2.24) is 14.5 Å². The molecule has 0 bridgehead atoms. The molecule has 39 heavy (non-hydrogen) atoms. The number of phenols is 1. The van der Waals surface area contributed by atoms with Crippen LogP contribution in [0.1, 0.15) is 5.56 Å². The SMILES string of the molecule is Cc1ccnc(-n2c3[c-]c(Sc4ccc5c(-c6ccccc6)ccc(O)c5n4)ccc3c3ccccc32)c1.[Pt]. The third-order valence-corrected chi connectivity index (χ3v) is 7.69. The van der Waals surface area contributed by atoms with Crippen molar-refractivity contribution in [2.24, 2.45) is 0 Å². The normalized spacial score (nSPS) is 11.2. The van der Waals surface area contributed by atoms with Gasteiger partial charge >= 0.3 is 0 Å². The Bertz CT molecular complexity index is 1990. The molecule has 192 valence electrons. The molecule has 0 aliphatic rings. The van der Waals surface area contributed by atoms with Crippen molar-refractivity contribution in [2.75, 3.05) is 0 Å². The van der Waals surface area contributed by atoms with Crippen LogP contribution in [-0.4, -0.2) is 19.6 Å². The zero-order chi connectivity index (χ0) is 25.6.